The second-order valence-corrected chi connectivity index (χ2v) is 7.29. The monoisotopic (exact) mass is 350 g/mol. The molecule has 0 saturated carbocycles. The molecule has 25 heavy (non-hydrogen) atoms. The largest absolute Gasteiger partial charge is 0.325 e. The van der Waals surface area contributed by atoms with E-state index in [9.17, 15) is 4.79 Å². The highest BCUT2D eigenvalue weighted by atomic mass is 32.2. The van der Waals surface area contributed by atoms with E-state index in [1.165, 1.54) is 22.9 Å². The number of aryl methyl sites for hydroxylation is 2. The van der Waals surface area contributed by atoms with Crippen LogP contribution in [0.2, 0.25) is 0 Å². The second kappa shape index (κ2) is 6.72. The molecule has 2 N–H and O–H groups in total. The molecule has 2 heterocycles. The third-order valence-electron chi connectivity index (χ3n) is 4.28. The number of aromatic nitrogens is 3. The Morgan fingerprint density at radius 3 is 2.76 bits per heavy atom. The maximum atomic E-state index is 12.5. The highest BCUT2D eigenvalue weighted by Crippen LogP contribution is 2.30. The summed E-state index contributed by atoms with van der Waals surface area (Å²) in [6, 6.07) is 16.1. The first-order chi connectivity index (χ1) is 12.2. The molecule has 1 aliphatic heterocycles. The lowest BCUT2D eigenvalue weighted by Gasteiger charge is -2.10. The van der Waals surface area contributed by atoms with E-state index < -0.39 is 0 Å². The van der Waals surface area contributed by atoms with Gasteiger partial charge in [-0.05, 0) is 31.4 Å². The molecule has 126 valence electrons. The first kappa shape index (κ1) is 15.9. The molecule has 1 amide bonds. The van der Waals surface area contributed by atoms with Crippen LogP contribution >= 0.6 is 11.8 Å². The van der Waals surface area contributed by atoms with Crippen molar-refractivity contribution in [3.63, 3.8) is 0 Å². The van der Waals surface area contributed by atoms with E-state index >= 15 is 0 Å². The van der Waals surface area contributed by atoms with Crippen molar-refractivity contribution < 1.29 is 4.79 Å². The molecule has 0 aliphatic carbocycles. The van der Waals surface area contributed by atoms with Crippen LogP contribution in [0.1, 0.15) is 17.5 Å². The number of fused-ring (bicyclic) bond motifs is 1. The number of anilines is 1. The van der Waals surface area contributed by atoms with Crippen molar-refractivity contribution >= 4 is 23.4 Å². The average Bonchev–Trinajstić information content (AvgIpc) is 3.02. The highest BCUT2D eigenvalue weighted by Gasteiger charge is 2.26. The van der Waals surface area contributed by atoms with Gasteiger partial charge in [-0.3, -0.25) is 9.89 Å². The van der Waals surface area contributed by atoms with Gasteiger partial charge >= 0.3 is 0 Å². The number of thioether (sulfide) groups is 1. The van der Waals surface area contributed by atoms with Gasteiger partial charge in [0.1, 0.15) is 0 Å². The van der Waals surface area contributed by atoms with Gasteiger partial charge in [-0.15, -0.1) is 5.10 Å². The van der Waals surface area contributed by atoms with Crippen LogP contribution in [0.25, 0.3) is 11.4 Å². The van der Waals surface area contributed by atoms with Crippen molar-refractivity contribution in [2.75, 3.05) is 5.32 Å². The zero-order chi connectivity index (χ0) is 17.2. The summed E-state index contributed by atoms with van der Waals surface area (Å²) in [5, 5.41) is 10.6. The van der Waals surface area contributed by atoms with Crippen molar-refractivity contribution in [1.82, 2.24) is 15.2 Å². The fourth-order valence-corrected chi connectivity index (χ4v) is 3.77. The van der Waals surface area contributed by atoms with Gasteiger partial charge in [-0.2, -0.15) is 0 Å². The maximum Gasteiger partial charge on any atom is 0.237 e. The lowest BCUT2D eigenvalue weighted by atomic mass is 10.1. The molecule has 0 saturated heterocycles. The Morgan fingerprint density at radius 2 is 1.92 bits per heavy atom. The maximum absolute atomic E-state index is 12.5. The molecule has 0 bridgehead atoms. The third kappa shape index (κ3) is 3.44. The molecular formula is C19H18N4OS. The Bertz CT molecular complexity index is 904. The van der Waals surface area contributed by atoms with E-state index in [1.807, 2.05) is 49.4 Å². The molecule has 0 fully saturated rings. The SMILES string of the molecule is Cc1ccc(-c2nc(S[C@@H]3CCc4ccccc4NC3=O)n[nH]2)cc1. The number of rotatable bonds is 3. The number of carbonyl (C=O) groups is 1. The Hall–Kier alpha value is -2.60. The van der Waals surface area contributed by atoms with Crippen LogP contribution in [0.15, 0.2) is 53.7 Å². The van der Waals surface area contributed by atoms with Crippen LogP contribution in [0.5, 0.6) is 0 Å². The molecule has 0 radical (unpaired) electrons. The molecule has 0 unspecified atom stereocenters. The first-order valence-electron chi connectivity index (χ1n) is 8.24. The predicted molar refractivity (Wildman–Crippen MR) is 99.6 cm³/mol. The minimum atomic E-state index is -0.200. The number of H-pyrrole nitrogens is 1. The van der Waals surface area contributed by atoms with Crippen LogP contribution in [-0.2, 0) is 11.2 Å². The van der Waals surface area contributed by atoms with Crippen molar-refractivity contribution in [2.45, 2.75) is 30.2 Å². The second-order valence-electron chi connectivity index (χ2n) is 6.12. The van der Waals surface area contributed by atoms with Crippen LogP contribution in [-0.4, -0.2) is 26.3 Å². The van der Waals surface area contributed by atoms with E-state index in [0.29, 0.717) is 5.16 Å². The number of nitrogens with zero attached hydrogens (tertiary/aromatic N) is 2. The van der Waals surface area contributed by atoms with Crippen molar-refractivity contribution in [3.05, 3.63) is 59.7 Å². The summed E-state index contributed by atoms with van der Waals surface area (Å²) in [6.07, 6.45) is 1.63. The number of aromatic amines is 1. The van der Waals surface area contributed by atoms with Crippen LogP contribution < -0.4 is 5.32 Å². The minimum absolute atomic E-state index is 0.0108. The lowest BCUT2D eigenvalue weighted by molar-refractivity contribution is -0.115. The summed E-state index contributed by atoms with van der Waals surface area (Å²) in [5.74, 6) is 0.733. The summed E-state index contributed by atoms with van der Waals surface area (Å²) in [4.78, 5) is 17.0. The molecule has 3 aromatic rings. The Kier molecular flexibility index (Phi) is 4.28. The molecule has 1 aromatic heterocycles. The number of benzene rings is 2. The molecular weight excluding hydrogens is 332 g/mol. The zero-order valence-corrected chi connectivity index (χ0v) is 14.6. The lowest BCUT2D eigenvalue weighted by Crippen LogP contribution is -2.23. The van der Waals surface area contributed by atoms with Gasteiger partial charge in [0.25, 0.3) is 0 Å². The summed E-state index contributed by atoms with van der Waals surface area (Å²) in [5.41, 5.74) is 4.27. The standard InChI is InChI=1S/C19H18N4OS/c1-12-6-8-14(9-7-12)17-21-19(23-22-17)25-16-11-10-13-4-2-3-5-15(13)20-18(16)24/h2-9,16H,10-11H2,1H3,(H,20,24)(H,21,22,23)/t16-/m1/s1. The predicted octanol–water partition coefficient (Wildman–Crippen LogP) is 3.83. The Balaban J connectivity index is 1.49. The smallest absolute Gasteiger partial charge is 0.237 e. The van der Waals surface area contributed by atoms with E-state index in [1.54, 1.807) is 0 Å². The highest BCUT2D eigenvalue weighted by molar-refractivity contribution is 8.00. The Labute approximate surface area is 150 Å². The number of carbonyl (C=O) groups excluding carboxylic acids is 1. The van der Waals surface area contributed by atoms with Crippen molar-refractivity contribution in [3.8, 4) is 11.4 Å². The first-order valence-corrected chi connectivity index (χ1v) is 9.12. The molecule has 4 rings (SSSR count). The summed E-state index contributed by atoms with van der Waals surface area (Å²) in [6.45, 7) is 2.05. The average molecular weight is 350 g/mol. The number of nitrogens with one attached hydrogen (secondary N) is 2. The molecule has 0 spiro atoms. The fourth-order valence-electron chi connectivity index (χ4n) is 2.87. The zero-order valence-electron chi connectivity index (χ0n) is 13.8. The van der Waals surface area contributed by atoms with Crippen LogP contribution in [0, 0.1) is 6.92 Å². The normalized spacial score (nSPS) is 16.8. The number of para-hydroxylation sites is 1. The van der Waals surface area contributed by atoms with E-state index in [-0.39, 0.29) is 11.2 Å². The minimum Gasteiger partial charge on any atom is -0.325 e. The number of hydrogen-bond acceptors (Lipinski definition) is 4. The van der Waals surface area contributed by atoms with Gasteiger partial charge in [0.15, 0.2) is 5.82 Å². The van der Waals surface area contributed by atoms with Crippen molar-refractivity contribution in [1.29, 1.82) is 0 Å². The summed E-state index contributed by atoms with van der Waals surface area (Å²) < 4.78 is 0. The quantitative estimate of drug-likeness (QED) is 0.753. The Morgan fingerprint density at radius 1 is 1.12 bits per heavy atom. The number of amides is 1. The molecule has 2 aromatic carbocycles. The van der Waals surface area contributed by atoms with E-state index in [0.717, 1.165) is 29.9 Å². The van der Waals surface area contributed by atoms with Crippen molar-refractivity contribution in [2.24, 2.45) is 0 Å². The number of hydrogen-bond donors (Lipinski definition) is 2. The van der Waals surface area contributed by atoms with Gasteiger partial charge in [-0.25, -0.2) is 4.98 Å². The van der Waals surface area contributed by atoms with Gasteiger partial charge in [0, 0.05) is 11.3 Å². The molecule has 1 atom stereocenters. The fraction of sp³-hybridized carbons (Fsp3) is 0.211. The van der Waals surface area contributed by atoms with E-state index in [2.05, 4.69) is 26.6 Å². The van der Waals surface area contributed by atoms with Gasteiger partial charge in [0.05, 0.1) is 5.25 Å². The molecule has 1 aliphatic rings. The summed E-state index contributed by atoms with van der Waals surface area (Å²) in [7, 11) is 0. The topological polar surface area (TPSA) is 70.7 Å². The van der Waals surface area contributed by atoms with E-state index in [4.69, 9.17) is 0 Å². The van der Waals surface area contributed by atoms with Gasteiger partial charge in [-0.1, -0.05) is 59.8 Å². The third-order valence-corrected chi connectivity index (χ3v) is 5.41. The van der Waals surface area contributed by atoms with Crippen LogP contribution in [0.4, 0.5) is 5.69 Å². The van der Waals surface area contributed by atoms with Gasteiger partial charge in [0.2, 0.25) is 11.1 Å². The van der Waals surface area contributed by atoms with Crippen LogP contribution in [0.3, 0.4) is 0 Å². The summed E-state index contributed by atoms with van der Waals surface area (Å²) >= 11 is 1.41. The van der Waals surface area contributed by atoms with Gasteiger partial charge < -0.3 is 5.32 Å². The molecule has 5 nitrogen and oxygen atoms in total. The molecule has 6 heteroatoms.